The number of aromatic hydroxyl groups is 5. The Morgan fingerprint density at radius 3 is 2.11 bits per heavy atom. The van der Waals surface area contributed by atoms with Crippen LogP contribution in [0.4, 0.5) is 0 Å². The predicted molar refractivity (Wildman–Crippen MR) is 136 cm³/mol. The first-order valence-electron chi connectivity index (χ1n) is 13.0. The van der Waals surface area contributed by atoms with Crippen LogP contribution in [0, 0.1) is 0 Å². The molecule has 0 saturated carbocycles. The van der Waals surface area contributed by atoms with Crippen molar-refractivity contribution >= 4 is 23.7 Å². The van der Waals surface area contributed by atoms with Gasteiger partial charge in [0.2, 0.25) is 17.8 Å². The van der Waals surface area contributed by atoms with Crippen LogP contribution in [0.5, 0.6) is 34.5 Å². The van der Waals surface area contributed by atoms with Crippen LogP contribution in [0.2, 0.25) is 0 Å². The number of carbonyl (C=O) groups excluding carboxylic acids is 4. The van der Waals surface area contributed by atoms with Gasteiger partial charge in [0.15, 0.2) is 41.0 Å². The second-order valence-electron chi connectivity index (χ2n) is 10.6. The fourth-order valence-corrected chi connectivity index (χ4v) is 5.61. The summed E-state index contributed by atoms with van der Waals surface area (Å²) in [5.74, 6) is -22.1. The van der Waals surface area contributed by atoms with Crippen molar-refractivity contribution < 1.29 is 93.9 Å². The average Bonchev–Trinajstić information content (AvgIpc) is 2.99. The zero-order valence-electron chi connectivity index (χ0n) is 22.6. The highest BCUT2D eigenvalue weighted by Gasteiger charge is 2.70. The minimum absolute atomic E-state index is 0.395. The molecule has 0 radical (unpaired) electrons. The molecular formula is C27H22O19. The van der Waals surface area contributed by atoms with Gasteiger partial charge >= 0.3 is 23.7 Å². The summed E-state index contributed by atoms with van der Waals surface area (Å²) < 4.78 is 26.3. The molecule has 19 heteroatoms. The molecule has 1 saturated heterocycles. The fraction of sp³-hybridized carbons (Fsp3) is 0.333. The highest BCUT2D eigenvalue weighted by atomic mass is 16.7. The van der Waals surface area contributed by atoms with Gasteiger partial charge in [0.25, 0.3) is 5.79 Å². The third-order valence-corrected chi connectivity index (χ3v) is 7.91. The Bertz CT molecular complexity index is 1720. The first-order valence-corrected chi connectivity index (χ1v) is 13.0. The van der Waals surface area contributed by atoms with Gasteiger partial charge in [-0.25, -0.2) is 14.4 Å². The molecule has 0 aromatic heterocycles. The van der Waals surface area contributed by atoms with Crippen molar-refractivity contribution in [1.29, 1.82) is 0 Å². The van der Waals surface area contributed by atoms with Crippen molar-refractivity contribution in [1.82, 2.24) is 0 Å². The number of hydrogen-bond acceptors (Lipinski definition) is 19. The summed E-state index contributed by atoms with van der Waals surface area (Å²) in [6.45, 7) is -1.06. The van der Waals surface area contributed by atoms with Crippen LogP contribution in [0.1, 0.15) is 32.2 Å². The number of phenols is 5. The minimum Gasteiger partial charge on any atom is -0.504 e. The van der Waals surface area contributed by atoms with Gasteiger partial charge in [-0.05, 0) is 24.3 Å². The van der Waals surface area contributed by atoms with Crippen molar-refractivity contribution in [2.75, 3.05) is 6.61 Å². The number of aliphatic hydroxyl groups is 5. The van der Waals surface area contributed by atoms with Gasteiger partial charge in [-0.15, -0.1) is 0 Å². The normalized spacial score (nSPS) is 31.0. The van der Waals surface area contributed by atoms with Crippen molar-refractivity contribution in [3.05, 3.63) is 46.5 Å². The number of benzene rings is 2. The number of rotatable bonds is 3. The van der Waals surface area contributed by atoms with E-state index in [1.165, 1.54) is 0 Å². The minimum atomic E-state index is -3.74. The van der Waals surface area contributed by atoms with Gasteiger partial charge < -0.3 is 74.7 Å². The molecular weight excluding hydrogens is 628 g/mol. The van der Waals surface area contributed by atoms with Crippen molar-refractivity contribution in [3.8, 4) is 34.5 Å². The van der Waals surface area contributed by atoms with E-state index >= 15 is 0 Å². The summed E-state index contributed by atoms with van der Waals surface area (Å²) in [6.07, 6.45) is -9.88. The number of ether oxygens (including phenoxy) is 5. The van der Waals surface area contributed by atoms with Gasteiger partial charge in [-0.2, -0.15) is 0 Å². The van der Waals surface area contributed by atoms with Gasteiger partial charge in [-0.1, -0.05) is 0 Å². The van der Waals surface area contributed by atoms with Gasteiger partial charge in [-0.3, -0.25) is 4.79 Å². The Balaban J connectivity index is 1.49. The molecule has 46 heavy (non-hydrogen) atoms. The fourth-order valence-electron chi connectivity index (χ4n) is 5.61. The third kappa shape index (κ3) is 4.21. The molecule has 4 bridgehead atoms. The molecule has 19 nitrogen and oxygen atoms in total. The Morgan fingerprint density at radius 2 is 1.48 bits per heavy atom. The highest BCUT2D eigenvalue weighted by Crippen LogP contribution is 2.58. The Kier molecular flexibility index (Phi) is 6.82. The van der Waals surface area contributed by atoms with Crippen LogP contribution >= 0.6 is 0 Å². The summed E-state index contributed by atoms with van der Waals surface area (Å²) in [6, 6.07) is 1.88. The molecule has 7 unspecified atom stereocenters. The second kappa shape index (κ2) is 10.2. The SMILES string of the molecule is O=C1OC2C(CO)OC(OC(=O)c3cc(O)c(O)c(O)c3)C(OC(=O)c3cc(O)c(O)c4c3C3C1=CC(=O)C(O)(O4)C3(O)O)C2O. The quantitative estimate of drug-likeness (QED) is 0.0683. The standard InChI is InChI=1S/C27H22O19/c28-5-12-19-18(35)21(25(42-12)45-22(36)6-1-9(29)16(33)10(30)2-6)44-23(37)7-3-11(31)17(34)20-14(7)15-8(24(38)43-19)4-13(32)27(41,46-20)26(15,39)40/h1-4,12,15,18-19,21,25,28-31,33-35,39-41H,5H2. The van der Waals surface area contributed by atoms with E-state index in [1.54, 1.807) is 0 Å². The van der Waals surface area contributed by atoms with E-state index in [4.69, 9.17) is 23.7 Å². The maximum absolute atomic E-state index is 13.6. The van der Waals surface area contributed by atoms with E-state index < -0.39 is 135 Å². The summed E-state index contributed by atoms with van der Waals surface area (Å²) in [5, 5.41) is 104. The lowest BCUT2D eigenvalue weighted by atomic mass is 9.70. The first kappa shape index (κ1) is 30.8. The Morgan fingerprint density at radius 1 is 0.870 bits per heavy atom. The van der Waals surface area contributed by atoms with E-state index in [9.17, 15) is 70.2 Å². The molecule has 6 rings (SSSR count). The molecule has 1 fully saturated rings. The highest BCUT2D eigenvalue weighted by molar-refractivity contribution is 6.08. The lowest BCUT2D eigenvalue weighted by Crippen LogP contribution is -2.70. The number of esters is 3. The molecule has 2 aromatic carbocycles. The monoisotopic (exact) mass is 650 g/mol. The number of hydrogen-bond donors (Lipinski definition) is 10. The smallest absolute Gasteiger partial charge is 0.340 e. The van der Waals surface area contributed by atoms with Crippen LogP contribution in [0.3, 0.4) is 0 Å². The Hall–Kier alpha value is -5.18. The number of ketones is 1. The topological polar surface area (TPSA) is 317 Å². The van der Waals surface area contributed by atoms with Gasteiger partial charge in [0.1, 0.15) is 12.2 Å². The largest absolute Gasteiger partial charge is 0.504 e. The molecule has 2 aromatic rings. The molecule has 3 aliphatic heterocycles. The zero-order valence-corrected chi connectivity index (χ0v) is 22.6. The zero-order chi connectivity index (χ0) is 33.6. The number of carbonyl (C=O) groups is 4. The third-order valence-electron chi connectivity index (χ3n) is 7.91. The summed E-state index contributed by atoms with van der Waals surface area (Å²) in [4.78, 5) is 52.9. The van der Waals surface area contributed by atoms with E-state index in [2.05, 4.69) is 0 Å². The molecule has 0 spiro atoms. The summed E-state index contributed by atoms with van der Waals surface area (Å²) in [5.41, 5.74) is -3.23. The van der Waals surface area contributed by atoms with Crippen LogP contribution < -0.4 is 4.74 Å². The van der Waals surface area contributed by atoms with Crippen LogP contribution in [-0.4, -0.2) is 124 Å². The molecule has 4 aliphatic rings. The maximum atomic E-state index is 13.6. The van der Waals surface area contributed by atoms with Gasteiger partial charge in [0, 0.05) is 5.56 Å². The lowest BCUT2D eigenvalue weighted by molar-refractivity contribution is -0.339. The van der Waals surface area contributed by atoms with Crippen molar-refractivity contribution in [2.45, 2.75) is 48.2 Å². The van der Waals surface area contributed by atoms with Crippen LogP contribution in [-0.2, 0) is 28.5 Å². The molecule has 0 amide bonds. The van der Waals surface area contributed by atoms with Crippen molar-refractivity contribution in [2.24, 2.45) is 0 Å². The van der Waals surface area contributed by atoms with E-state index in [-0.39, 0.29) is 0 Å². The van der Waals surface area contributed by atoms with E-state index in [1.807, 2.05) is 0 Å². The number of phenolic OH excluding ortho intramolecular Hbond substituents is 5. The Labute approximate surface area is 253 Å². The lowest BCUT2D eigenvalue weighted by Gasteiger charge is -2.49. The first-order chi connectivity index (χ1) is 21.5. The average molecular weight is 650 g/mol. The van der Waals surface area contributed by atoms with Crippen LogP contribution in [0.15, 0.2) is 29.8 Å². The molecule has 244 valence electrons. The van der Waals surface area contributed by atoms with E-state index in [0.29, 0.717) is 24.3 Å². The summed E-state index contributed by atoms with van der Waals surface area (Å²) in [7, 11) is 0. The number of fused-ring (bicyclic) bond motifs is 3. The molecule has 3 heterocycles. The molecule has 10 N–H and O–H groups in total. The van der Waals surface area contributed by atoms with Gasteiger partial charge in [0.05, 0.1) is 29.2 Å². The van der Waals surface area contributed by atoms with Crippen LogP contribution in [0.25, 0.3) is 0 Å². The predicted octanol–water partition coefficient (Wildman–Crippen LogP) is -3.04. The maximum Gasteiger partial charge on any atom is 0.340 e. The molecule has 1 aliphatic carbocycles. The van der Waals surface area contributed by atoms with Crippen molar-refractivity contribution in [3.63, 3.8) is 0 Å². The summed E-state index contributed by atoms with van der Waals surface area (Å²) >= 11 is 0. The number of aliphatic hydroxyl groups excluding tert-OH is 2. The van der Waals surface area contributed by atoms with E-state index in [0.717, 1.165) is 0 Å². The molecule has 7 atom stereocenters. The second-order valence-corrected chi connectivity index (χ2v) is 10.6.